The summed E-state index contributed by atoms with van der Waals surface area (Å²) < 4.78 is 33.7. The normalized spacial score (nSPS) is 34.3. The molecule has 4 atom stereocenters. The van der Waals surface area contributed by atoms with Gasteiger partial charge in [-0.2, -0.15) is 0 Å². The Kier molecular flexibility index (Phi) is 5.05. The highest BCUT2D eigenvalue weighted by molar-refractivity contribution is 7.90. The van der Waals surface area contributed by atoms with E-state index in [2.05, 4.69) is 54.3 Å². The van der Waals surface area contributed by atoms with Gasteiger partial charge in [-0.05, 0) is 48.7 Å². The zero-order valence-corrected chi connectivity index (χ0v) is 20.4. The molecule has 2 bridgehead atoms. The van der Waals surface area contributed by atoms with Crippen LogP contribution in [-0.4, -0.2) is 44.8 Å². The second-order valence-electron chi connectivity index (χ2n) is 11.2. The van der Waals surface area contributed by atoms with Crippen LogP contribution >= 0.6 is 0 Å². The van der Waals surface area contributed by atoms with Crippen LogP contribution in [0, 0.1) is 16.7 Å². The Morgan fingerprint density at radius 3 is 2.46 bits per heavy atom. The Balaban J connectivity index is 1.82. The SMILES string of the molecule is C=C[C@@H](CC(=O)N1[C@H]2C[C@@H]3CC[C@@]2(CS1(=O)=O)C3(C)C)O[Si](C)(C)C(C)(C)C. The predicted molar refractivity (Wildman–Crippen MR) is 115 cm³/mol. The molecule has 1 amide bonds. The standard InChI is InChI=1S/C21H37NO4SSi/c1-9-16(26-28(7,8)19(2,3)4)13-18(23)22-17-12-15-10-11-21(17,20(15,5)6)14-27(22,24)25/h9,15-17H,1,10-14H2,2-8H3/t15-,16-,17-,21-/m0/s1. The Hall–Kier alpha value is -0.663. The lowest BCUT2D eigenvalue weighted by Gasteiger charge is -2.39. The molecule has 28 heavy (non-hydrogen) atoms. The van der Waals surface area contributed by atoms with Crippen molar-refractivity contribution in [3.05, 3.63) is 12.7 Å². The fourth-order valence-corrected chi connectivity index (χ4v) is 9.46. The van der Waals surface area contributed by atoms with E-state index >= 15 is 0 Å². The number of hydrogen-bond donors (Lipinski definition) is 0. The molecule has 0 aromatic heterocycles. The van der Waals surface area contributed by atoms with E-state index in [9.17, 15) is 13.2 Å². The zero-order chi connectivity index (χ0) is 21.3. The average Bonchev–Trinajstić information content (AvgIpc) is 2.99. The number of hydrogen-bond acceptors (Lipinski definition) is 4. The number of fused-ring (bicyclic) bond motifs is 1. The largest absolute Gasteiger partial charge is 0.410 e. The highest BCUT2D eigenvalue weighted by Crippen LogP contribution is 2.70. The Labute approximate surface area is 172 Å². The summed E-state index contributed by atoms with van der Waals surface area (Å²) >= 11 is 0. The number of nitrogens with zero attached hydrogens (tertiary/aromatic N) is 1. The van der Waals surface area contributed by atoms with Crippen molar-refractivity contribution in [2.45, 2.75) is 90.6 Å². The van der Waals surface area contributed by atoms with Gasteiger partial charge in [-0.15, -0.1) is 6.58 Å². The molecule has 7 heteroatoms. The molecule has 2 aliphatic carbocycles. The van der Waals surface area contributed by atoms with E-state index in [1.807, 2.05) is 0 Å². The van der Waals surface area contributed by atoms with E-state index in [1.54, 1.807) is 6.08 Å². The highest BCUT2D eigenvalue weighted by Gasteiger charge is 2.72. The number of rotatable bonds is 5. The second kappa shape index (κ2) is 6.42. The third-order valence-electron chi connectivity index (χ3n) is 8.55. The molecular weight excluding hydrogens is 390 g/mol. The first-order valence-electron chi connectivity index (χ1n) is 10.4. The maximum atomic E-state index is 13.2. The monoisotopic (exact) mass is 427 g/mol. The molecule has 0 N–H and O–H groups in total. The minimum Gasteiger partial charge on any atom is -0.410 e. The van der Waals surface area contributed by atoms with E-state index in [0.717, 1.165) is 19.3 Å². The van der Waals surface area contributed by atoms with Crippen LogP contribution in [0.4, 0.5) is 0 Å². The van der Waals surface area contributed by atoms with Gasteiger partial charge < -0.3 is 4.43 Å². The van der Waals surface area contributed by atoms with Gasteiger partial charge in [-0.25, -0.2) is 12.7 Å². The summed E-state index contributed by atoms with van der Waals surface area (Å²) in [6.45, 7) is 18.9. The zero-order valence-electron chi connectivity index (χ0n) is 18.5. The van der Waals surface area contributed by atoms with Gasteiger partial charge in [0.1, 0.15) is 0 Å². The summed E-state index contributed by atoms with van der Waals surface area (Å²) in [5, 5.41) is 0.00964. The Morgan fingerprint density at radius 1 is 1.36 bits per heavy atom. The molecule has 3 aliphatic rings. The Morgan fingerprint density at radius 2 is 1.96 bits per heavy atom. The summed E-state index contributed by atoms with van der Waals surface area (Å²) in [6.07, 6.45) is 4.04. The maximum Gasteiger partial charge on any atom is 0.239 e. The fourth-order valence-electron chi connectivity index (χ4n) is 5.61. The van der Waals surface area contributed by atoms with Crippen LogP contribution in [0.2, 0.25) is 18.1 Å². The topological polar surface area (TPSA) is 63.7 Å². The van der Waals surface area contributed by atoms with E-state index in [0.29, 0.717) is 5.92 Å². The van der Waals surface area contributed by atoms with E-state index in [1.165, 1.54) is 4.31 Å². The third-order valence-corrected chi connectivity index (χ3v) is 15.0. The van der Waals surface area contributed by atoms with Crippen molar-refractivity contribution in [1.82, 2.24) is 4.31 Å². The van der Waals surface area contributed by atoms with Crippen molar-refractivity contribution in [2.24, 2.45) is 16.7 Å². The second-order valence-corrected chi connectivity index (χ2v) is 17.8. The first-order valence-corrected chi connectivity index (χ1v) is 15.0. The van der Waals surface area contributed by atoms with Crippen LogP contribution in [0.5, 0.6) is 0 Å². The molecule has 0 unspecified atom stereocenters. The predicted octanol–water partition coefficient (Wildman–Crippen LogP) is 4.32. The Bertz CT molecular complexity index is 783. The fraction of sp³-hybridized carbons (Fsp3) is 0.857. The van der Waals surface area contributed by atoms with Crippen molar-refractivity contribution in [3.63, 3.8) is 0 Å². The molecule has 0 aromatic carbocycles. The summed E-state index contributed by atoms with van der Waals surface area (Å²) in [6, 6.07) is -0.183. The third kappa shape index (κ3) is 3.03. The molecule has 5 nitrogen and oxygen atoms in total. The van der Waals surface area contributed by atoms with Gasteiger partial charge in [-0.1, -0.05) is 40.7 Å². The molecule has 1 aliphatic heterocycles. The molecule has 3 rings (SSSR count). The van der Waals surface area contributed by atoms with Gasteiger partial charge in [0.25, 0.3) is 0 Å². The van der Waals surface area contributed by atoms with Crippen molar-refractivity contribution < 1.29 is 17.6 Å². The van der Waals surface area contributed by atoms with Crippen LogP contribution in [-0.2, 0) is 19.2 Å². The molecule has 1 spiro atoms. The maximum absolute atomic E-state index is 13.2. The van der Waals surface area contributed by atoms with Gasteiger partial charge in [-0.3, -0.25) is 4.79 Å². The number of carbonyl (C=O) groups is 1. The minimum atomic E-state index is -3.58. The lowest BCUT2D eigenvalue weighted by molar-refractivity contribution is -0.130. The average molecular weight is 428 g/mol. The quantitative estimate of drug-likeness (QED) is 0.484. The highest BCUT2D eigenvalue weighted by atomic mass is 32.2. The summed E-state index contributed by atoms with van der Waals surface area (Å²) in [7, 11) is -5.67. The number of carbonyl (C=O) groups excluding carboxylic acids is 1. The number of amides is 1. The molecule has 1 saturated heterocycles. The first kappa shape index (κ1) is 22.0. The van der Waals surface area contributed by atoms with Gasteiger partial charge in [0.15, 0.2) is 8.32 Å². The molecule has 160 valence electrons. The molecule has 2 saturated carbocycles. The summed E-state index contributed by atoms with van der Waals surface area (Å²) in [4.78, 5) is 13.2. The summed E-state index contributed by atoms with van der Waals surface area (Å²) in [5.74, 6) is 0.290. The van der Waals surface area contributed by atoms with Crippen LogP contribution in [0.25, 0.3) is 0 Å². The molecule has 0 radical (unpaired) electrons. The van der Waals surface area contributed by atoms with Crippen molar-refractivity contribution >= 4 is 24.2 Å². The molecule has 0 aromatic rings. The van der Waals surface area contributed by atoms with E-state index < -0.39 is 24.4 Å². The van der Waals surface area contributed by atoms with Gasteiger partial charge in [0.2, 0.25) is 15.9 Å². The van der Waals surface area contributed by atoms with Crippen LogP contribution in [0.3, 0.4) is 0 Å². The minimum absolute atomic E-state index is 0.00964. The van der Waals surface area contributed by atoms with E-state index in [4.69, 9.17) is 4.43 Å². The summed E-state index contributed by atoms with van der Waals surface area (Å²) in [5.41, 5.74) is -0.314. The van der Waals surface area contributed by atoms with Crippen molar-refractivity contribution in [2.75, 3.05) is 5.75 Å². The van der Waals surface area contributed by atoms with Gasteiger partial charge in [0, 0.05) is 5.41 Å². The molecular formula is C21H37NO4SSi. The lowest BCUT2D eigenvalue weighted by atomic mass is 9.69. The smallest absolute Gasteiger partial charge is 0.239 e. The van der Waals surface area contributed by atoms with E-state index in [-0.39, 0.29) is 40.0 Å². The van der Waals surface area contributed by atoms with Crippen LogP contribution < -0.4 is 0 Å². The van der Waals surface area contributed by atoms with Crippen LogP contribution in [0.15, 0.2) is 12.7 Å². The lowest BCUT2D eigenvalue weighted by Crippen LogP contribution is -2.47. The van der Waals surface area contributed by atoms with Gasteiger partial charge >= 0.3 is 0 Å². The van der Waals surface area contributed by atoms with Crippen molar-refractivity contribution in [1.29, 1.82) is 0 Å². The number of sulfonamides is 1. The molecule has 1 heterocycles. The van der Waals surface area contributed by atoms with Gasteiger partial charge in [0.05, 0.1) is 24.3 Å². The first-order chi connectivity index (χ1) is 12.6. The van der Waals surface area contributed by atoms with Crippen molar-refractivity contribution in [3.8, 4) is 0 Å². The van der Waals surface area contributed by atoms with Crippen LogP contribution in [0.1, 0.15) is 60.3 Å². The molecule has 3 fully saturated rings.